The smallest absolute Gasteiger partial charge is 0.270 e. The van der Waals surface area contributed by atoms with E-state index >= 15 is 0 Å². The lowest BCUT2D eigenvalue weighted by Crippen LogP contribution is -2.33. The summed E-state index contributed by atoms with van der Waals surface area (Å²) in [5.74, 6) is 1.35. The third-order valence-corrected chi connectivity index (χ3v) is 7.42. The largest absolute Gasteiger partial charge is 0.491 e. The van der Waals surface area contributed by atoms with Crippen LogP contribution in [0.25, 0.3) is 22.2 Å². The Labute approximate surface area is 197 Å². The second-order valence-corrected chi connectivity index (χ2v) is 10.2. The molecule has 0 unspecified atom stereocenters. The number of nitrogens with zero attached hydrogens (tertiary/aromatic N) is 3. The van der Waals surface area contributed by atoms with Crippen LogP contribution in [0, 0.1) is 6.92 Å². The number of benzene rings is 2. The molecule has 9 nitrogen and oxygen atoms in total. The molecule has 5 rings (SSSR count). The minimum absolute atomic E-state index is 0.0547. The molecule has 0 spiro atoms. The molecule has 2 N–H and O–H groups in total. The third kappa shape index (κ3) is 3.95. The molecule has 0 bridgehead atoms. The number of aromatic amines is 1. The summed E-state index contributed by atoms with van der Waals surface area (Å²) in [6, 6.07) is 13.4. The highest BCUT2D eigenvalue weighted by Gasteiger charge is 2.26. The molecule has 1 aliphatic heterocycles. The van der Waals surface area contributed by atoms with Crippen LogP contribution < -0.4 is 9.46 Å². The number of carbonyl (C=O) groups excluding carboxylic acids is 1. The van der Waals surface area contributed by atoms with Gasteiger partial charge in [0.05, 0.1) is 17.6 Å². The maximum absolute atomic E-state index is 13.3. The van der Waals surface area contributed by atoms with Crippen LogP contribution >= 0.6 is 0 Å². The molecule has 3 heterocycles. The van der Waals surface area contributed by atoms with E-state index in [1.807, 2.05) is 37.3 Å². The summed E-state index contributed by atoms with van der Waals surface area (Å²) in [6.45, 7) is 3.02. The van der Waals surface area contributed by atoms with Crippen molar-refractivity contribution in [1.82, 2.24) is 24.2 Å². The molecule has 1 amide bonds. The highest BCUT2D eigenvalue weighted by Crippen LogP contribution is 2.31. The summed E-state index contributed by atoms with van der Waals surface area (Å²) in [4.78, 5) is 22.8. The molecule has 0 atom stereocenters. The van der Waals surface area contributed by atoms with Gasteiger partial charge in [-0.1, -0.05) is 12.1 Å². The lowest BCUT2D eigenvalue weighted by Gasteiger charge is -2.20. The van der Waals surface area contributed by atoms with Crippen LogP contribution in [0.5, 0.6) is 5.75 Å². The zero-order valence-electron chi connectivity index (χ0n) is 19.1. The van der Waals surface area contributed by atoms with Gasteiger partial charge in [0.25, 0.3) is 5.91 Å². The van der Waals surface area contributed by atoms with Crippen molar-refractivity contribution in [2.75, 3.05) is 20.2 Å². The highest BCUT2D eigenvalue weighted by atomic mass is 32.2. The molecular weight excluding hydrogens is 454 g/mol. The molecule has 0 aliphatic carbocycles. The molecule has 34 heavy (non-hydrogen) atoms. The second kappa shape index (κ2) is 8.30. The van der Waals surface area contributed by atoms with E-state index in [9.17, 15) is 13.2 Å². The Morgan fingerprint density at radius 2 is 1.91 bits per heavy atom. The normalized spacial score (nSPS) is 14.0. The first kappa shape index (κ1) is 22.2. The molecular formula is C24H25N5O4S. The second-order valence-electron chi connectivity index (χ2n) is 8.33. The molecule has 4 aromatic rings. The number of rotatable bonds is 4. The Morgan fingerprint density at radius 3 is 2.71 bits per heavy atom. The number of aryl methyl sites for hydroxylation is 2. The monoisotopic (exact) mass is 479 g/mol. The topological polar surface area (TPSA) is 109 Å². The molecule has 0 saturated heterocycles. The molecule has 2 aromatic heterocycles. The van der Waals surface area contributed by atoms with Crippen molar-refractivity contribution in [1.29, 1.82) is 0 Å². The summed E-state index contributed by atoms with van der Waals surface area (Å²) < 4.78 is 34.1. The molecule has 1 aliphatic rings. The molecule has 0 fully saturated rings. The van der Waals surface area contributed by atoms with Gasteiger partial charge in [0, 0.05) is 25.4 Å². The lowest BCUT2D eigenvalue weighted by molar-refractivity contribution is 0.0723. The van der Waals surface area contributed by atoms with E-state index in [0.717, 1.165) is 39.3 Å². The van der Waals surface area contributed by atoms with Crippen LogP contribution in [0.15, 0.2) is 53.6 Å². The Bertz CT molecular complexity index is 1520. The number of nitrogens with one attached hydrogen (secondary N) is 2. The molecule has 0 saturated carbocycles. The summed E-state index contributed by atoms with van der Waals surface area (Å²) >= 11 is 0. The quantitative estimate of drug-likeness (QED) is 0.468. The zero-order chi connectivity index (χ0) is 24.0. The van der Waals surface area contributed by atoms with Gasteiger partial charge >= 0.3 is 0 Å². The Balaban J connectivity index is 1.45. The Kier molecular flexibility index (Phi) is 5.41. The number of H-pyrrole nitrogens is 1. The zero-order valence-corrected chi connectivity index (χ0v) is 19.9. The van der Waals surface area contributed by atoms with Gasteiger partial charge in [0.15, 0.2) is 0 Å². The van der Waals surface area contributed by atoms with Crippen molar-refractivity contribution in [3.05, 3.63) is 65.7 Å². The van der Waals surface area contributed by atoms with E-state index in [-0.39, 0.29) is 10.8 Å². The fraction of sp³-hybridized carbons (Fsp3) is 0.250. The van der Waals surface area contributed by atoms with Crippen molar-refractivity contribution >= 4 is 27.0 Å². The van der Waals surface area contributed by atoms with Crippen LogP contribution in [0.3, 0.4) is 0 Å². The summed E-state index contributed by atoms with van der Waals surface area (Å²) in [6.07, 6.45) is 1.44. The van der Waals surface area contributed by atoms with Crippen molar-refractivity contribution < 1.29 is 17.9 Å². The molecule has 2 aromatic carbocycles. The molecule has 176 valence electrons. The predicted molar refractivity (Wildman–Crippen MR) is 128 cm³/mol. The van der Waals surface area contributed by atoms with Crippen LogP contribution in [0.1, 0.15) is 21.9 Å². The van der Waals surface area contributed by atoms with E-state index < -0.39 is 10.0 Å². The average molecular weight is 480 g/mol. The minimum atomic E-state index is -3.64. The van der Waals surface area contributed by atoms with Gasteiger partial charge in [-0.2, -0.15) is 0 Å². The van der Waals surface area contributed by atoms with Crippen molar-refractivity contribution in [3.8, 4) is 16.9 Å². The van der Waals surface area contributed by atoms with Crippen LogP contribution in [-0.4, -0.2) is 54.0 Å². The first-order chi connectivity index (χ1) is 16.2. The number of sulfonamides is 1. The molecule has 10 heteroatoms. The number of aromatic nitrogens is 3. The lowest BCUT2D eigenvalue weighted by atomic mass is 10.0. The number of fused-ring (bicyclic) bond motifs is 2. The van der Waals surface area contributed by atoms with Crippen LogP contribution in [-0.2, 0) is 23.6 Å². The van der Waals surface area contributed by atoms with Crippen molar-refractivity contribution in [2.24, 2.45) is 7.05 Å². The number of hydrogen-bond acceptors (Lipinski definition) is 5. The van der Waals surface area contributed by atoms with Gasteiger partial charge in [-0.15, -0.1) is 0 Å². The fourth-order valence-corrected chi connectivity index (χ4v) is 5.04. The van der Waals surface area contributed by atoms with E-state index in [0.29, 0.717) is 25.4 Å². The maximum atomic E-state index is 13.3. The standard InChI is InChI=1S/C24H25N5O4S/c1-15-26-20-6-4-17(11-21(20)27-15)16-5-7-23-18(10-16)13-29(8-9-33-23)24(30)22-12-19(14-28(22)3)34(31,32)25-2/h4-7,10-12,14,25H,8-9,13H2,1-3H3,(H,26,27). The SMILES string of the molecule is CNS(=O)(=O)c1cc(C(=O)N2CCOc3ccc(-c4ccc5nc(C)[nH]c5c4)cc3C2)n(C)c1. The van der Waals surface area contributed by atoms with E-state index in [1.165, 1.54) is 23.9 Å². The highest BCUT2D eigenvalue weighted by molar-refractivity contribution is 7.89. The van der Waals surface area contributed by atoms with Gasteiger partial charge in [0.1, 0.15) is 28.8 Å². The Hall–Kier alpha value is -3.63. The predicted octanol–water partition coefficient (Wildman–Crippen LogP) is 2.82. The number of carbonyl (C=O) groups is 1. The minimum Gasteiger partial charge on any atom is -0.491 e. The van der Waals surface area contributed by atoms with E-state index in [2.05, 4.69) is 20.8 Å². The van der Waals surface area contributed by atoms with Gasteiger partial charge in [-0.25, -0.2) is 18.1 Å². The van der Waals surface area contributed by atoms with Gasteiger partial charge in [-0.05, 0) is 55.4 Å². The van der Waals surface area contributed by atoms with Crippen LogP contribution in [0.2, 0.25) is 0 Å². The number of imidazole rings is 1. The van der Waals surface area contributed by atoms with Gasteiger partial charge in [-0.3, -0.25) is 4.79 Å². The maximum Gasteiger partial charge on any atom is 0.270 e. The summed E-state index contributed by atoms with van der Waals surface area (Å²) in [5, 5.41) is 0. The average Bonchev–Trinajstić information content (AvgIpc) is 3.32. The number of amides is 1. The Morgan fingerprint density at radius 1 is 1.15 bits per heavy atom. The number of hydrogen-bond donors (Lipinski definition) is 2. The summed E-state index contributed by atoms with van der Waals surface area (Å²) in [5.41, 5.74) is 5.11. The van der Waals surface area contributed by atoms with E-state index in [1.54, 1.807) is 11.9 Å². The fourth-order valence-electron chi connectivity index (χ4n) is 4.24. The van der Waals surface area contributed by atoms with Gasteiger partial charge in [0.2, 0.25) is 10.0 Å². The van der Waals surface area contributed by atoms with Gasteiger partial charge < -0.3 is 19.2 Å². The first-order valence-electron chi connectivity index (χ1n) is 10.9. The molecule has 0 radical (unpaired) electrons. The summed E-state index contributed by atoms with van der Waals surface area (Å²) in [7, 11) is -0.638. The van der Waals surface area contributed by atoms with Crippen molar-refractivity contribution in [3.63, 3.8) is 0 Å². The number of ether oxygens (including phenoxy) is 1. The third-order valence-electron chi connectivity index (χ3n) is 6.04. The van der Waals surface area contributed by atoms with E-state index in [4.69, 9.17) is 4.74 Å². The first-order valence-corrected chi connectivity index (χ1v) is 12.3. The van der Waals surface area contributed by atoms with Crippen molar-refractivity contribution in [2.45, 2.75) is 18.4 Å². The van der Waals surface area contributed by atoms with Crippen LogP contribution in [0.4, 0.5) is 0 Å².